The number of methoxy groups -OCH3 is 1. The maximum absolute atomic E-state index is 11.0. The third-order valence-corrected chi connectivity index (χ3v) is 4.33. The molecule has 4 nitrogen and oxygen atoms in total. The van der Waals surface area contributed by atoms with E-state index in [-0.39, 0.29) is 5.97 Å². The lowest BCUT2D eigenvalue weighted by Gasteiger charge is -2.47. The summed E-state index contributed by atoms with van der Waals surface area (Å²) in [6.45, 7) is 0.750. The summed E-state index contributed by atoms with van der Waals surface area (Å²) in [5.41, 5.74) is 0. The molecule has 2 aliphatic rings. The van der Waals surface area contributed by atoms with Gasteiger partial charge < -0.3 is 15.0 Å². The summed E-state index contributed by atoms with van der Waals surface area (Å²) in [5.74, 6) is -0.120. The second-order valence-electron chi connectivity index (χ2n) is 5.35. The summed E-state index contributed by atoms with van der Waals surface area (Å²) in [4.78, 5) is 13.6. The molecule has 2 aliphatic heterocycles. The van der Waals surface area contributed by atoms with Gasteiger partial charge in [0.2, 0.25) is 0 Å². The summed E-state index contributed by atoms with van der Waals surface area (Å²) < 4.78 is 4.64. The number of hydrogen-bond donors (Lipinski definition) is 1. The SMILES string of the molecule is COC(=O)CCNC1CC2CCCC(C1)N2C. The van der Waals surface area contributed by atoms with Crippen LogP contribution in [0.3, 0.4) is 0 Å². The third kappa shape index (κ3) is 3.19. The number of rotatable bonds is 4. The zero-order chi connectivity index (χ0) is 12.3. The fourth-order valence-electron chi connectivity index (χ4n) is 3.26. The largest absolute Gasteiger partial charge is 0.469 e. The van der Waals surface area contributed by atoms with Crippen LogP contribution in [-0.4, -0.2) is 49.7 Å². The van der Waals surface area contributed by atoms with Crippen LogP contribution in [0.25, 0.3) is 0 Å². The molecule has 4 heteroatoms. The zero-order valence-electron chi connectivity index (χ0n) is 10.9. The first kappa shape index (κ1) is 12.8. The van der Waals surface area contributed by atoms with Gasteiger partial charge in [-0.25, -0.2) is 0 Å². The fraction of sp³-hybridized carbons (Fsp3) is 0.923. The van der Waals surface area contributed by atoms with Crippen LogP contribution in [0.4, 0.5) is 0 Å². The van der Waals surface area contributed by atoms with Crippen LogP contribution in [0.2, 0.25) is 0 Å². The van der Waals surface area contributed by atoms with Gasteiger partial charge in [0.05, 0.1) is 13.5 Å². The van der Waals surface area contributed by atoms with Crippen molar-refractivity contribution in [3.63, 3.8) is 0 Å². The number of carbonyl (C=O) groups excluding carboxylic acids is 1. The van der Waals surface area contributed by atoms with Crippen molar-refractivity contribution >= 4 is 5.97 Å². The van der Waals surface area contributed by atoms with Crippen molar-refractivity contribution in [2.24, 2.45) is 0 Å². The Morgan fingerprint density at radius 1 is 1.35 bits per heavy atom. The number of carbonyl (C=O) groups is 1. The fourth-order valence-corrected chi connectivity index (χ4v) is 3.26. The van der Waals surface area contributed by atoms with Crippen molar-refractivity contribution in [1.29, 1.82) is 0 Å². The summed E-state index contributed by atoms with van der Waals surface area (Å²) in [5, 5.41) is 3.51. The number of fused-ring (bicyclic) bond motifs is 2. The van der Waals surface area contributed by atoms with Crippen molar-refractivity contribution in [2.45, 2.75) is 56.7 Å². The predicted molar refractivity (Wildman–Crippen MR) is 66.8 cm³/mol. The Bertz CT molecular complexity index is 256. The van der Waals surface area contributed by atoms with E-state index in [4.69, 9.17) is 0 Å². The van der Waals surface area contributed by atoms with Gasteiger partial charge in [-0.05, 0) is 32.7 Å². The number of ether oxygens (including phenoxy) is 1. The first-order chi connectivity index (χ1) is 8.20. The number of piperidine rings is 2. The highest BCUT2D eigenvalue weighted by atomic mass is 16.5. The van der Waals surface area contributed by atoms with Gasteiger partial charge in [0, 0.05) is 24.7 Å². The van der Waals surface area contributed by atoms with E-state index in [9.17, 15) is 4.79 Å². The van der Waals surface area contributed by atoms with E-state index in [1.165, 1.54) is 39.2 Å². The summed E-state index contributed by atoms with van der Waals surface area (Å²) in [6.07, 6.45) is 7.00. The van der Waals surface area contributed by atoms with Crippen molar-refractivity contribution in [1.82, 2.24) is 10.2 Å². The standard InChI is InChI=1S/C13H24N2O2/c1-15-11-4-3-5-12(15)9-10(8-11)14-7-6-13(16)17-2/h10-12,14H,3-9H2,1-2H3. The minimum absolute atomic E-state index is 0.120. The first-order valence-corrected chi connectivity index (χ1v) is 6.73. The molecule has 2 heterocycles. The Morgan fingerprint density at radius 3 is 2.59 bits per heavy atom. The van der Waals surface area contributed by atoms with Gasteiger partial charge in [0.1, 0.15) is 0 Å². The minimum atomic E-state index is -0.120. The number of hydrogen-bond acceptors (Lipinski definition) is 4. The molecule has 0 aromatic carbocycles. The molecular formula is C13H24N2O2. The molecule has 2 rings (SSSR count). The Morgan fingerprint density at radius 2 is 2.00 bits per heavy atom. The molecule has 0 aromatic rings. The monoisotopic (exact) mass is 240 g/mol. The second kappa shape index (κ2) is 5.83. The molecule has 0 amide bonds. The van der Waals surface area contributed by atoms with E-state index < -0.39 is 0 Å². The van der Waals surface area contributed by atoms with Crippen molar-refractivity contribution in [3.05, 3.63) is 0 Å². The van der Waals surface area contributed by atoms with Crippen molar-refractivity contribution in [2.75, 3.05) is 20.7 Å². The van der Waals surface area contributed by atoms with Gasteiger partial charge in [-0.15, -0.1) is 0 Å². The van der Waals surface area contributed by atoms with Crippen LogP contribution < -0.4 is 5.32 Å². The van der Waals surface area contributed by atoms with Gasteiger partial charge in [0.15, 0.2) is 0 Å². The van der Waals surface area contributed by atoms with Gasteiger partial charge in [-0.2, -0.15) is 0 Å². The van der Waals surface area contributed by atoms with Gasteiger partial charge in [-0.1, -0.05) is 6.42 Å². The van der Waals surface area contributed by atoms with E-state index in [0.717, 1.165) is 18.6 Å². The van der Waals surface area contributed by atoms with Crippen LogP contribution in [-0.2, 0) is 9.53 Å². The number of esters is 1. The topological polar surface area (TPSA) is 41.6 Å². The van der Waals surface area contributed by atoms with E-state index in [0.29, 0.717) is 12.5 Å². The lowest BCUT2D eigenvalue weighted by Crippen LogP contribution is -2.54. The summed E-state index contributed by atoms with van der Waals surface area (Å²) in [6, 6.07) is 2.09. The van der Waals surface area contributed by atoms with E-state index >= 15 is 0 Å². The molecule has 0 aliphatic carbocycles. The summed E-state index contributed by atoms with van der Waals surface area (Å²) in [7, 11) is 3.71. The molecule has 17 heavy (non-hydrogen) atoms. The van der Waals surface area contributed by atoms with E-state index in [2.05, 4.69) is 22.0 Å². The van der Waals surface area contributed by atoms with Crippen LogP contribution in [0.15, 0.2) is 0 Å². The molecule has 2 unspecified atom stereocenters. The summed E-state index contributed by atoms with van der Waals surface area (Å²) >= 11 is 0. The zero-order valence-corrected chi connectivity index (χ0v) is 10.9. The van der Waals surface area contributed by atoms with Crippen LogP contribution in [0, 0.1) is 0 Å². The van der Waals surface area contributed by atoms with Gasteiger partial charge in [0.25, 0.3) is 0 Å². The average molecular weight is 240 g/mol. The number of nitrogens with one attached hydrogen (secondary N) is 1. The molecule has 2 atom stereocenters. The highest BCUT2D eigenvalue weighted by Crippen LogP contribution is 2.32. The molecule has 0 radical (unpaired) electrons. The highest BCUT2D eigenvalue weighted by Gasteiger charge is 2.35. The lowest BCUT2D eigenvalue weighted by atomic mass is 9.82. The molecule has 0 saturated carbocycles. The Kier molecular flexibility index (Phi) is 4.40. The highest BCUT2D eigenvalue weighted by molar-refractivity contribution is 5.69. The predicted octanol–water partition coefficient (Wildman–Crippen LogP) is 1.15. The molecule has 2 bridgehead atoms. The van der Waals surface area contributed by atoms with Gasteiger partial charge >= 0.3 is 5.97 Å². The van der Waals surface area contributed by atoms with E-state index in [1.807, 2.05) is 0 Å². The second-order valence-corrected chi connectivity index (χ2v) is 5.35. The molecule has 0 aromatic heterocycles. The molecule has 1 N–H and O–H groups in total. The van der Waals surface area contributed by atoms with Crippen LogP contribution in [0.5, 0.6) is 0 Å². The Balaban J connectivity index is 1.74. The normalized spacial score (nSPS) is 33.4. The molecule has 98 valence electrons. The minimum Gasteiger partial charge on any atom is -0.469 e. The lowest BCUT2D eigenvalue weighted by molar-refractivity contribution is -0.140. The maximum Gasteiger partial charge on any atom is 0.306 e. The van der Waals surface area contributed by atoms with Crippen LogP contribution >= 0.6 is 0 Å². The van der Waals surface area contributed by atoms with Crippen LogP contribution in [0.1, 0.15) is 38.5 Å². The molecular weight excluding hydrogens is 216 g/mol. The van der Waals surface area contributed by atoms with Crippen molar-refractivity contribution < 1.29 is 9.53 Å². The average Bonchev–Trinajstić information content (AvgIpc) is 2.30. The molecule has 0 spiro atoms. The quantitative estimate of drug-likeness (QED) is 0.749. The van der Waals surface area contributed by atoms with E-state index in [1.54, 1.807) is 0 Å². The Hall–Kier alpha value is -0.610. The van der Waals surface area contributed by atoms with Crippen molar-refractivity contribution in [3.8, 4) is 0 Å². The molecule has 2 fully saturated rings. The number of nitrogens with zero attached hydrogens (tertiary/aromatic N) is 1. The Labute approximate surface area is 104 Å². The maximum atomic E-state index is 11.0. The first-order valence-electron chi connectivity index (χ1n) is 6.73. The molecule has 2 saturated heterocycles. The van der Waals surface area contributed by atoms with Gasteiger partial charge in [-0.3, -0.25) is 4.79 Å². The third-order valence-electron chi connectivity index (χ3n) is 4.33. The smallest absolute Gasteiger partial charge is 0.306 e.